The van der Waals surface area contributed by atoms with Crippen molar-refractivity contribution in [2.24, 2.45) is 0 Å². The fraction of sp³-hybridized carbons (Fsp3) is 0.556. The molecule has 0 aliphatic heterocycles. The molecular weight excluding hydrogens is 279 g/mol. The molecule has 0 spiro atoms. The van der Waals surface area contributed by atoms with E-state index in [1.165, 1.54) is 0 Å². The first-order chi connectivity index (χ1) is 6.16. The first kappa shape index (κ1) is 10.7. The highest BCUT2D eigenvalue weighted by Crippen LogP contribution is 2.01. The maximum absolute atomic E-state index is 11.6. The van der Waals surface area contributed by atoms with E-state index in [4.69, 9.17) is 0 Å². The molecule has 0 aliphatic rings. The highest BCUT2D eigenvalue weighted by Gasteiger charge is 2.03. The van der Waals surface area contributed by atoms with Crippen LogP contribution in [-0.4, -0.2) is 9.55 Å². The molecule has 13 heavy (non-hydrogen) atoms. The summed E-state index contributed by atoms with van der Waals surface area (Å²) in [6, 6.07) is 0. The number of hydrogen-bond donors (Lipinski definition) is 0. The number of unbranched alkanes of at least 4 members (excludes halogenated alkanes) is 1. The number of aromatic nitrogens is 2. The molecule has 0 N–H and O–H groups in total. The summed E-state index contributed by atoms with van der Waals surface area (Å²) in [7, 11) is 0. The zero-order valence-electron chi connectivity index (χ0n) is 7.88. The highest BCUT2D eigenvalue weighted by atomic mass is 127. The van der Waals surface area contributed by atoms with Crippen LogP contribution in [0.1, 0.15) is 25.5 Å². The molecule has 0 amide bonds. The number of nitrogens with zero attached hydrogens (tertiary/aromatic N) is 2. The minimum absolute atomic E-state index is 0.0848. The van der Waals surface area contributed by atoms with E-state index in [0.29, 0.717) is 0 Å². The van der Waals surface area contributed by atoms with E-state index >= 15 is 0 Å². The Kier molecular flexibility index (Phi) is 3.90. The van der Waals surface area contributed by atoms with Gasteiger partial charge in [-0.3, -0.25) is 9.36 Å². The predicted molar refractivity (Wildman–Crippen MR) is 60.9 cm³/mol. The van der Waals surface area contributed by atoms with Gasteiger partial charge in [0.15, 0.2) is 0 Å². The molecule has 0 bridgehead atoms. The topological polar surface area (TPSA) is 34.9 Å². The molecule has 0 atom stereocenters. The van der Waals surface area contributed by atoms with E-state index in [-0.39, 0.29) is 5.56 Å². The first-order valence-corrected chi connectivity index (χ1v) is 5.46. The van der Waals surface area contributed by atoms with Crippen molar-refractivity contribution in [1.29, 1.82) is 0 Å². The number of aryl methyl sites for hydroxylation is 2. The number of rotatable bonds is 3. The molecule has 72 valence electrons. The van der Waals surface area contributed by atoms with E-state index in [9.17, 15) is 4.79 Å². The second kappa shape index (κ2) is 4.74. The Morgan fingerprint density at radius 1 is 1.62 bits per heavy atom. The van der Waals surface area contributed by atoms with Gasteiger partial charge in [0.1, 0.15) is 0 Å². The standard InChI is InChI=1S/C9H13IN2O/c1-3-4-5-12-6-11-7(2)8(10)9(12)13/h6H,3-5H2,1-2H3. The van der Waals surface area contributed by atoms with Gasteiger partial charge in [-0.1, -0.05) is 13.3 Å². The fourth-order valence-electron chi connectivity index (χ4n) is 1.03. The molecule has 1 aromatic heterocycles. The van der Waals surface area contributed by atoms with Gasteiger partial charge in [-0.25, -0.2) is 4.98 Å². The Hall–Kier alpha value is -0.390. The SMILES string of the molecule is CCCCn1cnc(C)c(I)c1=O. The van der Waals surface area contributed by atoms with Gasteiger partial charge in [0.05, 0.1) is 15.6 Å². The molecule has 0 aromatic carbocycles. The van der Waals surface area contributed by atoms with E-state index in [1.54, 1.807) is 10.9 Å². The van der Waals surface area contributed by atoms with E-state index in [0.717, 1.165) is 28.7 Å². The third-order valence-electron chi connectivity index (χ3n) is 1.91. The lowest BCUT2D eigenvalue weighted by atomic mass is 10.3. The van der Waals surface area contributed by atoms with E-state index in [1.807, 2.05) is 6.92 Å². The average molecular weight is 292 g/mol. The zero-order chi connectivity index (χ0) is 9.84. The molecular formula is C9H13IN2O. The molecule has 1 aromatic rings. The van der Waals surface area contributed by atoms with Crippen LogP contribution in [0, 0.1) is 10.5 Å². The Morgan fingerprint density at radius 2 is 2.31 bits per heavy atom. The molecule has 0 aliphatic carbocycles. The molecule has 4 heteroatoms. The van der Waals surface area contributed by atoms with E-state index < -0.39 is 0 Å². The van der Waals surface area contributed by atoms with Crippen LogP contribution in [0.25, 0.3) is 0 Å². The quantitative estimate of drug-likeness (QED) is 0.798. The van der Waals surface area contributed by atoms with Crippen LogP contribution in [-0.2, 0) is 6.54 Å². The van der Waals surface area contributed by atoms with Crippen LogP contribution in [0.15, 0.2) is 11.1 Å². The smallest absolute Gasteiger partial charge is 0.266 e. The lowest BCUT2D eigenvalue weighted by Gasteiger charge is -2.05. The van der Waals surface area contributed by atoms with Crippen molar-refractivity contribution in [2.45, 2.75) is 33.2 Å². The van der Waals surface area contributed by atoms with Crippen molar-refractivity contribution in [3.63, 3.8) is 0 Å². The lowest BCUT2D eigenvalue weighted by Crippen LogP contribution is -2.24. The van der Waals surface area contributed by atoms with Gasteiger partial charge in [-0.05, 0) is 35.9 Å². The third kappa shape index (κ3) is 2.52. The van der Waals surface area contributed by atoms with Gasteiger partial charge < -0.3 is 0 Å². The molecule has 0 unspecified atom stereocenters. The summed E-state index contributed by atoms with van der Waals surface area (Å²) in [6.45, 7) is 4.74. The fourth-order valence-corrected chi connectivity index (χ4v) is 1.48. The maximum atomic E-state index is 11.6. The monoisotopic (exact) mass is 292 g/mol. The largest absolute Gasteiger partial charge is 0.298 e. The van der Waals surface area contributed by atoms with Crippen molar-refractivity contribution in [3.8, 4) is 0 Å². The Balaban J connectivity index is 2.97. The molecule has 0 fully saturated rings. The number of halogens is 1. The van der Waals surface area contributed by atoms with Gasteiger partial charge >= 0.3 is 0 Å². The van der Waals surface area contributed by atoms with Gasteiger partial charge in [-0.15, -0.1) is 0 Å². The maximum Gasteiger partial charge on any atom is 0.266 e. The Bertz CT molecular complexity index is 346. The van der Waals surface area contributed by atoms with Gasteiger partial charge in [0.2, 0.25) is 0 Å². The Morgan fingerprint density at radius 3 is 2.92 bits per heavy atom. The van der Waals surface area contributed by atoms with Crippen LogP contribution < -0.4 is 5.56 Å². The van der Waals surface area contributed by atoms with Crippen molar-refractivity contribution in [3.05, 3.63) is 25.9 Å². The zero-order valence-corrected chi connectivity index (χ0v) is 10.0. The normalized spacial score (nSPS) is 10.4. The second-order valence-electron chi connectivity index (χ2n) is 3.00. The first-order valence-electron chi connectivity index (χ1n) is 4.38. The summed E-state index contributed by atoms with van der Waals surface area (Å²) < 4.78 is 2.41. The summed E-state index contributed by atoms with van der Waals surface area (Å²) in [5.41, 5.74) is 0.903. The van der Waals surface area contributed by atoms with Crippen molar-refractivity contribution < 1.29 is 0 Å². The van der Waals surface area contributed by atoms with E-state index in [2.05, 4.69) is 34.5 Å². The minimum atomic E-state index is 0.0848. The number of hydrogen-bond acceptors (Lipinski definition) is 2. The third-order valence-corrected chi connectivity index (χ3v) is 3.15. The van der Waals surface area contributed by atoms with Crippen LogP contribution in [0.2, 0.25) is 0 Å². The van der Waals surface area contributed by atoms with Crippen molar-refractivity contribution in [1.82, 2.24) is 9.55 Å². The summed E-state index contributed by atoms with van der Waals surface area (Å²) in [4.78, 5) is 15.8. The predicted octanol–water partition coefficient (Wildman–Crippen LogP) is 1.96. The molecule has 3 nitrogen and oxygen atoms in total. The molecule has 1 rings (SSSR count). The lowest BCUT2D eigenvalue weighted by molar-refractivity contribution is 0.598. The highest BCUT2D eigenvalue weighted by molar-refractivity contribution is 14.1. The average Bonchev–Trinajstić information content (AvgIpc) is 2.13. The van der Waals surface area contributed by atoms with Gasteiger partial charge in [0.25, 0.3) is 5.56 Å². The summed E-state index contributed by atoms with van der Waals surface area (Å²) >= 11 is 2.05. The van der Waals surface area contributed by atoms with Crippen LogP contribution in [0.3, 0.4) is 0 Å². The van der Waals surface area contributed by atoms with Crippen LogP contribution in [0.4, 0.5) is 0 Å². The summed E-state index contributed by atoms with van der Waals surface area (Å²) in [5.74, 6) is 0. The second-order valence-corrected chi connectivity index (χ2v) is 4.07. The van der Waals surface area contributed by atoms with Gasteiger partial charge in [-0.2, -0.15) is 0 Å². The van der Waals surface area contributed by atoms with Crippen molar-refractivity contribution >= 4 is 22.6 Å². The summed E-state index contributed by atoms with van der Waals surface area (Å²) in [6.07, 6.45) is 3.76. The molecule has 0 saturated carbocycles. The molecule has 0 saturated heterocycles. The van der Waals surface area contributed by atoms with Crippen LogP contribution >= 0.6 is 22.6 Å². The van der Waals surface area contributed by atoms with Gasteiger partial charge in [0, 0.05) is 6.54 Å². The molecule has 1 heterocycles. The van der Waals surface area contributed by atoms with Crippen molar-refractivity contribution in [2.75, 3.05) is 0 Å². The van der Waals surface area contributed by atoms with Crippen LogP contribution in [0.5, 0.6) is 0 Å². The summed E-state index contributed by atoms with van der Waals surface area (Å²) in [5, 5.41) is 0. The molecule has 0 radical (unpaired) electrons. The minimum Gasteiger partial charge on any atom is -0.298 e. The Labute approximate surface area is 91.3 Å².